The van der Waals surface area contributed by atoms with Crippen molar-refractivity contribution in [2.75, 3.05) is 36.0 Å². The van der Waals surface area contributed by atoms with Gasteiger partial charge in [-0.2, -0.15) is 0 Å². The number of hydrogen-bond donors (Lipinski definition) is 0. The van der Waals surface area contributed by atoms with Gasteiger partial charge in [0.25, 0.3) is 11.8 Å². The number of fused-ring (bicyclic) bond motifs is 1. The van der Waals surface area contributed by atoms with Crippen molar-refractivity contribution in [3.63, 3.8) is 0 Å². The van der Waals surface area contributed by atoms with Crippen molar-refractivity contribution < 1.29 is 9.59 Å². The van der Waals surface area contributed by atoms with E-state index >= 15 is 0 Å². The van der Waals surface area contributed by atoms with Crippen LogP contribution in [0.25, 0.3) is 10.8 Å². The molecular formula is C28H22ClN5O2S. The highest BCUT2D eigenvalue weighted by Crippen LogP contribution is 2.40. The molecule has 0 unspecified atom stereocenters. The Hall–Kier alpha value is -3.88. The number of thioether (sulfide) groups is 1. The van der Waals surface area contributed by atoms with Crippen molar-refractivity contribution in [3.8, 4) is 0 Å². The fraction of sp³-hybridized carbons (Fsp3) is 0.143. The van der Waals surface area contributed by atoms with Crippen LogP contribution in [0.15, 0.2) is 101 Å². The first-order chi connectivity index (χ1) is 18.1. The van der Waals surface area contributed by atoms with Gasteiger partial charge in [0.1, 0.15) is 10.6 Å². The van der Waals surface area contributed by atoms with E-state index in [4.69, 9.17) is 11.6 Å². The van der Waals surface area contributed by atoms with Gasteiger partial charge in [-0.25, -0.2) is 14.9 Å². The van der Waals surface area contributed by atoms with E-state index in [0.717, 1.165) is 15.7 Å². The van der Waals surface area contributed by atoms with E-state index in [-0.39, 0.29) is 11.8 Å². The highest BCUT2D eigenvalue weighted by molar-refractivity contribution is 8.04. The molecule has 0 radical (unpaired) electrons. The summed E-state index contributed by atoms with van der Waals surface area (Å²) in [6, 6.07) is 22.6. The number of aromatic nitrogens is 2. The molecule has 3 aromatic carbocycles. The van der Waals surface area contributed by atoms with Crippen LogP contribution in [0, 0.1) is 0 Å². The molecule has 2 amide bonds. The Morgan fingerprint density at radius 2 is 1.41 bits per heavy atom. The summed E-state index contributed by atoms with van der Waals surface area (Å²) in [4.78, 5) is 43.1. The number of imide groups is 1. The summed E-state index contributed by atoms with van der Waals surface area (Å²) < 4.78 is 0. The zero-order valence-electron chi connectivity index (χ0n) is 19.8. The van der Waals surface area contributed by atoms with Crippen molar-refractivity contribution in [2.45, 2.75) is 4.90 Å². The summed E-state index contributed by atoms with van der Waals surface area (Å²) in [5, 5.41) is 2.63. The van der Waals surface area contributed by atoms with Crippen molar-refractivity contribution in [2.24, 2.45) is 0 Å². The van der Waals surface area contributed by atoms with Crippen molar-refractivity contribution in [3.05, 3.63) is 101 Å². The van der Waals surface area contributed by atoms with E-state index in [1.807, 2.05) is 59.5 Å². The molecular weight excluding hydrogens is 506 g/mol. The second-order valence-electron chi connectivity index (χ2n) is 8.73. The number of piperazine rings is 1. The third-order valence-electron chi connectivity index (χ3n) is 6.47. The van der Waals surface area contributed by atoms with E-state index in [9.17, 15) is 9.59 Å². The number of carbonyl (C=O) groups is 2. The van der Waals surface area contributed by atoms with Crippen molar-refractivity contribution >= 4 is 57.6 Å². The third kappa shape index (κ3) is 4.54. The van der Waals surface area contributed by atoms with Gasteiger partial charge in [0.15, 0.2) is 0 Å². The Morgan fingerprint density at radius 1 is 0.730 bits per heavy atom. The molecule has 37 heavy (non-hydrogen) atoms. The SMILES string of the molecule is O=C1C(Sc2ccc(Cl)cc2)=C(N2CCN(c3ncccn3)CC2)C(=O)N1c1ccc2ccccc2c1. The summed E-state index contributed by atoms with van der Waals surface area (Å²) in [5.74, 6) is 0.0451. The fourth-order valence-electron chi connectivity index (χ4n) is 4.62. The van der Waals surface area contributed by atoms with E-state index in [1.165, 1.54) is 16.7 Å². The fourth-order valence-corrected chi connectivity index (χ4v) is 5.75. The molecule has 9 heteroatoms. The van der Waals surface area contributed by atoms with Gasteiger partial charge in [-0.05, 0) is 53.2 Å². The molecule has 1 aromatic heterocycles. The number of hydrogen-bond acceptors (Lipinski definition) is 7. The maximum atomic E-state index is 13.9. The number of benzene rings is 3. The quantitative estimate of drug-likeness (QED) is 0.339. The number of amides is 2. The van der Waals surface area contributed by atoms with Crippen LogP contribution < -0.4 is 9.80 Å². The van der Waals surface area contributed by atoms with Crippen LogP contribution in [0.4, 0.5) is 11.6 Å². The number of nitrogens with zero attached hydrogens (tertiary/aromatic N) is 5. The van der Waals surface area contributed by atoms with Crippen LogP contribution in [0.2, 0.25) is 5.02 Å². The molecule has 0 spiro atoms. The van der Waals surface area contributed by atoms with Gasteiger partial charge >= 0.3 is 0 Å². The maximum Gasteiger partial charge on any atom is 0.283 e. The van der Waals surface area contributed by atoms with Crippen LogP contribution in [-0.2, 0) is 9.59 Å². The zero-order valence-corrected chi connectivity index (χ0v) is 21.3. The third-order valence-corrected chi connectivity index (χ3v) is 7.81. The number of halogens is 1. The molecule has 184 valence electrons. The van der Waals surface area contributed by atoms with E-state index in [2.05, 4.69) is 14.9 Å². The molecule has 2 aliphatic rings. The zero-order chi connectivity index (χ0) is 25.4. The van der Waals surface area contributed by atoms with Gasteiger partial charge in [0.2, 0.25) is 5.95 Å². The standard InChI is InChI=1S/C28H22ClN5O2S/c29-21-7-10-23(11-8-21)37-25-24(32-14-16-33(17-15-32)28-30-12-3-13-31-28)26(35)34(27(25)36)22-9-6-19-4-1-2-5-20(19)18-22/h1-13,18H,14-17H2. The molecule has 0 aliphatic carbocycles. The first kappa shape index (κ1) is 23.5. The summed E-state index contributed by atoms with van der Waals surface area (Å²) in [5.41, 5.74) is 1.00. The first-order valence-electron chi connectivity index (χ1n) is 11.9. The molecule has 3 heterocycles. The smallest absolute Gasteiger partial charge is 0.283 e. The second kappa shape index (κ2) is 9.88. The molecule has 0 saturated carbocycles. The van der Waals surface area contributed by atoms with Crippen molar-refractivity contribution in [1.29, 1.82) is 0 Å². The van der Waals surface area contributed by atoms with Gasteiger partial charge in [0, 0.05) is 48.5 Å². The minimum absolute atomic E-state index is 0.304. The summed E-state index contributed by atoms with van der Waals surface area (Å²) in [6.07, 6.45) is 3.44. The Bertz CT molecular complexity index is 1520. The van der Waals surface area contributed by atoms with E-state index in [0.29, 0.717) is 53.4 Å². The predicted molar refractivity (Wildman–Crippen MR) is 147 cm³/mol. The molecule has 0 atom stereocenters. The van der Waals surface area contributed by atoms with Gasteiger partial charge in [0.05, 0.1) is 5.69 Å². The molecule has 4 aromatic rings. The van der Waals surface area contributed by atoms with Gasteiger partial charge in [-0.1, -0.05) is 53.7 Å². The van der Waals surface area contributed by atoms with Crippen LogP contribution in [-0.4, -0.2) is 52.9 Å². The highest BCUT2D eigenvalue weighted by Gasteiger charge is 2.43. The topological polar surface area (TPSA) is 69.6 Å². The summed E-state index contributed by atoms with van der Waals surface area (Å²) in [7, 11) is 0. The average molecular weight is 528 g/mol. The molecule has 1 fully saturated rings. The predicted octanol–water partition coefficient (Wildman–Crippen LogP) is 4.98. The van der Waals surface area contributed by atoms with Gasteiger partial charge in [-0.3, -0.25) is 9.59 Å². The Balaban J connectivity index is 1.34. The van der Waals surface area contributed by atoms with Gasteiger partial charge < -0.3 is 9.80 Å². The van der Waals surface area contributed by atoms with E-state index < -0.39 is 0 Å². The maximum absolute atomic E-state index is 13.9. The second-order valence-corrected chi connectivity index (χ2v) is 10.3. The number of rotatable bonds is 5. The average Bonchev–Trinajstić information content (AvgIpc) is 3.19. The molecule has 0 N–H and O–H groups in total. The molecule has 2 aliphatic heterocycles. The lowest BCUT2D eigenvalue weighted by molar-refractivity contribution is -0.121. The van der Waals surface area contributed by atoms with Crippen molar-refractivity contribution in [1.82, 2.24) is 14.9 Å². The first-order valence-corrected chi connectivity index (χ1v) is 13.1. The Labute approximate surface area is 223 Å². The molecule has 1 saturated heterocycles. The number of anilines is 2. The minimum atomic E-state index is -0.316. The van der Waals surface area contributed by atoms with Gasteiger partial charge in [-0.15, -0.1) is 0 Å². The normalized spacial score (nSPS) is 16.3. The Kier molecular flexibility index (Phi) is 6.28. The van der Waals surface area contributed by atoms with Crippen LogP contribution in [0.3, 0.4) is 0 Å². The molecule has 7 nitrogen and oxygen atoms in total. The Morgan fingerprint density at radius 3 is 2.14 bits per heavy atom. The molecule has 0 bridgehead atoms. The lowest BCUT2D eigenvalue weighted by Crippen LogP contribution is -2.48. The minimum Gasteiger partial charge on any atom is -0.362 e. The lowest BCUT2D eigenvalue weighted by atomic mass is 10.1. The number of carbonyl (C=O) groups excluding carboxylic acids is 2. The van der Waals surface area contributed by atoms with Crippen LogP contribution in [0.5, 0.6) is 0 Å². The summed E-state index contributed by atoms with van der Waals surface area (Å²) in [6.45, 7) is 2.43. The molecule has 6 rings (SSSR count). The lowest BCUT2D eigenvalue weighted by Gasteiger charge is -2.36. The van der Waals surface area contributed by atoms with Crippen LogP contribution >= 0.6 is 23.4 Å². The summed E-state index contributed by atoms with van der Waals surface area (Å²) >= 11 is 7.37. The highest BCUT2D eigenvalue weighted by atomic mass is 35.5. The monoisotopic (exact) mass is 527 g/mol. The van der Waals surface area contributed by atoms with Crippen LogP contribution in [0.1, 0.15) is 0 Å². The van der Waals surface area contributed by atoms with E-state index in [1.54, 1.807) is 30.6 Å². The largest absolute Gasteiger partial charge is 0.362 e.